The molecule has 0 amide bonds. The predicted octanol–water partition coefficient (Wildman–Crippen LogP) is 4.32. The third-order valence-corrected chi connectivity index (χ3v) is 3.05. The topological polar surface area (TPSA) is 17.1 Å². The summed E-state index contributed by atoms with van der Waals surface area (Å²) in [6.45, 7) is 6.49. The molecule has 0 unspecified atom stereocenters. The van der Waals surface area contributed by atoms with Gasteiger partial charge in [0.25, 0.3) is 0 Å². The summed E-state index contributed by atoms with van der Waals surface area (Å²) < 4.78 is 0. The molecule has 0 N–H and O–H groups in total. The number of carbonyl (C=O) groups is 1. The Hall–Kier alpha value is -1.11. The molecule has 0 aliphatic rings. The molecule has 0 radical (unpaired) electrons. The van der Waals surface area contributed by atoms with Crippen LogP contribution in [0.1, 0.15) is 50.7 Å². The van der Waals surface area contributed by atoms with Gasteiger partial charge in [-0.15, -0.1) is 0 Å². The fourth-order valence-corrected chi connectivity index (χ4v) is 1.87. The van der Waals surface area contributed by atoms with E-state index in [2.05, 4.69) is 45.0 Å². The van der Waals surface area contributed by atoms with Gasteiger partial charge in [-0.1, -0.05) is 50.1 Å². The van der Waals surface area contributed by atoms with Crippen LogP contribution in [0.4, 0.5) is 0 Å². The lowest BCUT2D eigenvalue weighted by molar-refractivity contribution is -0.119. The lowest BCUT2D eigenvalue weighted by Crippen LogP contribution is -2.01. The maximum Gasteiger partial charge on any atom is 0.133 e. The number of Topliss-reactive ketones (excluding diaryl/α,β-unsaturated/α-hetero) is 1. The van der Waals surface area contributed by atoms with Crippen molar-refractivity contribution in [2.24, 2.45) is 5.92 Å². The second-order valence-corrected chi connectivity index (χ2v) is 5.31. The maximum atomic E-state index is 11.7. The van der Waals surface area contributed by atoms with Crippen LogP contribution in [0.2, 0.25) is 0 Å². The molecular formula is C16H24O. The highest BCUT2D eigenvalue weighted by molar-refractivity contribution is 5.78. The molecular weight excluding hydrogens is 208 g/mol. The summed E-state index contributed by atoms with van der Waals surface area (Å²) in [5, 5.41) is 0. The van der Waals surface area contributed by atoms with Crippen molar-refractivity contribution in [2.45, 2.75) is 52.9 Å². The van der Waals surface area contributed by atoms with Gasteiger partial charge in [0.05, 0.1) is 0 Å². The molecule has 1 aromatic carbocycles. The van der Waals surface area contributed by atoms with Gasteiger partial charge in [0.1, 0.15) is 5.78 Å². The first-order chi connectivity index (χ1) is 8.08. The van der Waals surface area contributed by atoms with Crippen LogP contribution in [0, 0.1) is 12.8 Å². The Balaban J connectivity index is 2.21. The summed E-state index contributed by atoms with van der Waals surface area (Å²) in [6.07, 6.45) is 4.55. The summed E-state index contributed by atoms with van der Waals surface area (Å²) in [7, 11) is 0. The average molecular weight is 232 g/mol. The van der Waals surface area contributed by atoms with Gasteiger partial charge in [-0.25, -0.2) is 0 Å². The van der Waals surface area contributed by atoms with Crippen LogP contribution in [-0.2, 0) is 11.2 Å². The molecule has 0 aromatic heterocycles. The van der Waals surface area contributed by atoms with Crippen molar-refractivity contribution in [2.75, 3.05) is 0 Å². The van der Waals surface area contributed by atoms with Gasteiger partial charge in [-0.05, 0) is 31.2 Å². The Morgan fingerprint density at radius 1 is 1.12 bits per heavy atom. The summed E-state index contributed by atoms with van der Waals surface area (Å²) in [5.41, 5.74) is 2.55. The van der Waals surface area contributed by atoms with E-state index in [1.165, 1.54) is 11.1 Å². The maximum absolute atomic E-state index is 11.7. The van der Waals surface area contributed by atoms with Crippen molar-refractivity contribution >= 4 is 5.78 Å². The van der Waals surface area contributed by atoms with Crippen molar-refractivity contribution in [1.29, 1.82) is 0 Å². The Kier molecular flexibility index (Phi) is 5.96. The molecule has 1 nitrogen and oxygen atoms in total. The molecule has 1 heteroatoms. The molecule has 0 saturated carbocycles. The minimum absolute atomic E-state index is 0.409. The molecule has 94 valence electrons. The van der Waals surface area contributed by atoms with Crippen LogP contribution >= 0.6 is 0 Å². The minimum atomic E-state index is 0.409. The van der Waals surface area contributed by atoms with Crippen molar-refractivity contribution in [3.63, 3.8) is 0 Å². The second-order valence-electron chi connectivity index (χ2n) is 5.31. The summed E-state index contributed by atoms with van der Waals surface area (Å²) in [5.74, 6) is 1.12. The minimum Gasteiger partial charge on any atom is -0.300 e. The number of aryl methyl sites for hydroxylation is 2. The van der Waals surface area contributed by atoms with E-state index in [1.807, 2.05) is 0 Å². The fourth-order valence-electron chi connectivity index (χ4n) is 1.87. The fraction of sp³-hybridized carbons (Fsp3) is 0.562. The molecule has 17 heavy (non-hydrogen) atoms. The van der Waals surface area contributed by atoms with Gasteiger partial charge in [0.15, 0.2) is 0 Å². The molecule has 0 aliphatic heterocycles. The zero-order valence-corrected chi connectivity index (χ0v) is 11.3. The SMILES string of the molecule is Cc1ccc(CCC(=O)CCCC(C)C)cc1. The summed E-state index contributed by atoms with van der Waals surface area (Å²) in [6, 6.07) is 8.46. The van der Waals surface area contributed by atoms with E-state index in [9.17, 15) is 4.79 Å². The number of ketones is 1. The second kappa shape index (κ2) is 7.26. The quantitative estimate of drug-likeness (QED) is 0.684. The van der Waals surface area contributed by atoms with E-state index in [1.54, 1.807) is 0 Å². The lowest BCUT2D eigenvalue weighted by Gasteiger charge is -2.04. The van der Waals surface area contributed by atoms with Crippen LogP contribution in [-0.4, -0.2) is 5.78 Å². The molecule has 0 fully saturated rings. The molecule has 0 bridgehead atoms. The van der Waals surface area contributed by atoms with Gasteiger partial charge >= 0.3 is 0 Å². The van der Waals surface area contributed by atoms with E-state index in [-0.39, 0.29) is 0 Å². The first-order valence-electron chi connectivity index (χ1n) is 6.65. The molecule has 1 rings (SSSR count). The molecule has 0 heterocycles. The van der Waals surface area contributed by atoms with E-state index < -0.39 is 0 Å². The third kappa shape index (κ3) is 6.25. The number of hydrogen-bond donors (Lipinski definition) is 0. The van der Waals surface area contributed by atoms with Gasteiger partial charge in [0.2, 0.25) is 0 Å². The Morgan fingerprint density at radius 2 is 1.76 bits per heavy atom. The predicted molar refractivity (Wildman–Crippen MR) is 73.2 cm³/mol. The summed E-state index contributed by atoms with van der Waals surface area (Å²) >= 11 is 0. The highest BCUT2D eigenvalue weighted by Crippen LogP contribution is 2.10. The molecule has 0 aliphatic carbocycles. The van der Waals surface area contributed by atoms with Gasteiger partial charge in [-0.2, -0.15) is 0 Å². The highest BCUT2D eigenvalue weighted by atomic mass is 16.1. The van der Waals surface area contributed by atoms with Crippen molar-refractivity contribution < 1.29 is 4.79 Å². The van der Waals surface area contributed by atoms with E-state index in [4.69, 9.17) is 0 Å². The van der Waals surface area contributed by atoms with E-state index >= 15 is 0 Å². The van der Waals surface area contributed by atoms with E-state index in [0.717, 1.165) is 25.7 Å². The number of hydrogen-bond acceptors (Lipinski definition) is 1. The highest BCUT2D eigenvalue weighted by Gasteiger charge is 2.03. The zero-order valence-electron chi connectivity index (χ0n) is 11.3. The van der Waals surface area contributed by atoms with Gasteiger partial charge in [0, 0.05) is 12.8 Å². The van der Waals surface area contributed by atoms with Gasteiger partial charge < -0.3 is 0 Å². The monoisotopic (exact) mass is 232 g/mol. The zero-order chi connectivity index (χ0) is 12.7. The lowest BCUT2D eigenvalue weighted by atomic mass is 10.0. The van der Waals surface area contributed by atoms with Crippen LogP contribution in [0.25, 0.3) is 0 Å². The number of benzene rings is 1. The van der Waals surface area contributed by atoms with Crippen LogP contribution in [0.3, 0.4) is 0 Å². The normalized spacial score (nSPS) is 10.8. The van der Waals surface area contributed by atoms with Crippen molar-refractivity contribution in [3.05, 3.63) is 35.4 Å². The Labute approximate surface area is 105 Å². The largest absolute Gasteiger partial charge is 0.300 e. The smallest absolute Gasteiger partial charge is 0.133 e. The van der Waals surface area contributed by atoms with Crippen LogP contribution < -0.4 is 0 Å². The van der Waals surface area contributed by atoms with Crippen molar-refractivity contribution in [3.8, 4) is 0 Å². The van der Waals surface area contributed by atoms with Crippen LogP contribution in [0.15, 0.2) is 24.3 Å². The molecule has 0 spiro atoms. The Bertz CT molecular complexity index is 335. The first kappa shape index (κ1) is 14.0. The number of carbonyl (C=O) groups excluding carboxylic acids is 1. The third-order valence-electron chi connectivity index (χ3n) is 3.05. The summed E-state index contributed by atoms with van der Waals surface area (Å²) in [4.78, 5) is 11.7. The van der Waals surface area contributed by atoms with Gasteiger partial charge in [-0.3, -0.25) is 4.79 Å². The molecule has 0 atom stereocenters. The molecule has 0 saturated heterocycles. The van der Waals surface area contributed by atoms with E-state index in [0.29, 0.717) is 18.1 Å². The first-order valence-corrected chi connectivity index (χ1v) is 6.65. The Morgan fingerprint density at radius 3 is 2.35 bits per heavy atom. The average Bonchev–Trinajstić information content (AvgIpc) is 2.28. The standard InChI is InChI=1S/C16H24O/c1-13(2)5-4-6-16(17)12-11-15-9-7-14(3)8-10-15/h7-10,13H,4-6,11-12H2,1-3H3. The van der Waals surface area contributed by atoms with Crippen LogP contribution in [0.5, 0.6) is 0 Å². The molecule has 1 aromatic rings. The van der Waals surface area contributed by atoms with Crippen molar-refractivity contribution in [1.82, 2.24) is 0 Å². The number of rotatable bonds is 7.